The maximum atomic E-state index is 12.7. The Kier molecular flexibility index (Phi) is 5.21. The largest absolute Gasteiger partial charge is 0.497 e. The molecule has 0 bridgehead atoms. The Morgan fingerprint density at radius 3 is 2.36 bits per heavy atom. The van der Waals surface area contributed by atoms with Crippen LogP contribution < -0.4 is 9.64 Å². The normalized spacial score (nSPS) is 14.2. The Labute approximate surface area is 168 Å². The zero-order valence-corrected chi connectivity index (χ0v) is 16.3. The van der Waals surface area contributed by atoms with Crippen LogP contribution in [-0.4, -0.2) is 54.3 Å². The second kappa shape index (κ2) is 7.94. The van der Waals surface area contributed by atoms with Crippen LogP contribution in [0.3, 0.4) is 0 Å². The number of methoxy groups -OCH3 is 1. The SMILES string of the molecule is COc1ccc(C(=O)N2CCN(c3cc(-c4ccc(Cl)cc4)[nH]n3)CC2)cc1. The number of carbonyl (C=O) groups is 1. The van der Waals surface area contributed by atoms with Crippen LogP contribution in [-0.2, 0) is 0 Å². The molecule has 7 heteroatoms. The number of rotatable bonds is 4. The van der Waals surface area contributed by atoms with Gasteiger partial charge in [0, 0.05) is 42.8 Å². The van der Waals surface area contributed by atoms with Crippen molar-refractivity contribution >= 4 is 23.3 Å². The van der Waals surface area contributed by atoms with E-state index in [4.69, 9.17) is 16.3 Å². The van der Waals surface area contributed by atoms with Crippen LogP contribution in [0.15, 0.2) is 54.6 Å². The quantitative estimate of drug-likeness (QED) is 0.730. The van der Waals surface area contributed by atoms with Crippen molar-refractivity contribution in [2.45, 2.75) is 0 Å². The van der Waals surface area contributed by atoms with E-state index in [1.54, 1.807) is 19.2 Å². The molecule has 6 nitrogen and oxygen atoms in total. The minimum atomic E-state index is 0.0474. The maximum absolute atomic E-state index is 12.7. The number of ether oxygens (including phenoxy) is 1. The third-order valence-electron chi connectivity index (χ3n) is 4.95. The molecule has 3 aromatic rings. The molecule has 0 atom stereocenters. The first kappa shape index (κ1) is 18.4. The number of amides is 1. The predicted octanol–water partition coefficient (Wildman–Crippen LogP) is 3.70. The molecule has 1 aliphatic rings. The molecule has 0 unspecified atom stereocenters. The van der Waals surface area contributed by atoms with E-state index in [-0.39, 0.29) is 5.91 Å². The monoisotopic (exact) mass is 396 g/mol. The number of piperazine rings is 1. The predicted molar refractivity (Wildman–Crippen MR) is 110 cm³/mol. The molecule has 2 aromatic carbocycles. The number of halogens is 1. The summed E-state index contributed by atoms with van der Waals surface area (Å²) < 4.78 is 5.15. The maximum Gasteiger partial charge on any atom is 0.253 e. The van der Waals surface area contributed by atoms with Crippen LogP contribution in [0, 0.1) is 0 Å². The molecule has 1 aliphatic heterocycles. The fraction of sp³-hybridized carbons (Fsp3) is 0.238. The number of H-pyrrole nitrogens is 1. The Morgan fingerprint density at radius 2 is 1.71 bits per heavy atom. The van der Waals surface area contributed by atoms with Crippen molar-refractivity contribution in [1.29, 1.82) is 0 Å². The summed E-state index contributed by atoms with van der Waals surface area (Å²) >= 11 is 5.95. The summed E-state index contributed by atoms with van der Waals surface area (Å²) in [4.78, 5) is 16.8. The molecule has 4 rings (SSSR count). The van der Waals surface area contributed by atoms with Crippen molar-refractivity contribution in [1.82, 2.24) is 15.1 Å². The standard InChI is InChI=1S/C21H21ClN4O2/c1-28-18-8-4-16(5-9-18)21(27)26-12-10-25(11-13-26)20-14-19(23-24-20)15-2-6-17(22)7-3-15/h2-9,14H,10-13H2,1H3,(H,23,24). The second-order valence-electron chi connectivity index (χ2n) is 6.65. The van der Waals surface area contributed by atoms with Gasteiger partial charge in [0.1, 0.15) is 5.75 Å². The van der Waals surface area contributed by atoms with Gasteiger partial charge in [-0.15, -0.1) is 0 Å². The van der Waals surface area contributed by atoms with Crippen molar-refractivity contribution < 1.29 is 9.53 Å². The van der Waals surface area contributed by atoms with E-state index >= 15 is 0 Å². The smallest absolute Gasteiger partial charge is 0.253 e. The van der Waals surface area contributed by atoms with Crippen LogP contribution in [0.5, 0.6) is 5.75 Å². The highest BCUT2D eigenvalue weighted by atomic mass is 35.5. The van der Waals surface area contributed by atoms with Crippen LogP contribution >= 0.6 is 11.6 Å². The molecular formula is C21H21ClN4O2. The summed E-state index contributed by atoms with van der Waals surface area (Å²) in [6.07, 6.45) is 0. The van der Waals surface area contributed by atoms with E-state index < -0.39 is 0 Å². The van der Waals surface area contributed by atoms with Crippen molar-refractivity contribution in [2.75, 3.05) is 38.2 Å². The second-order valence-corrected chi connectivity index (χ2v) is 7.09. The Hall–Kier alpha value is -2.99. The number of aromatic amines is 1. The number of nitrogens with one attached hydrogen (secondary N) is 1. The van der Waals surface area contributed by atoms with E-state index in [0.29, 0.717) is 23.7 Å². The molecule has 0 aliphatic carbocycles. The summed E-state index contributed by atoms with van der Waals surface area (Å²) in [6.45, 7) is 2.81. The highest BCUT2D eigenvalue weighted by Gasteiger charge is 2.23. The number of anilines is 1. The van der Waals surface area contributed by atoms with Gasteiger partial charge in [0.2, 0.25) is 0 Å². The minimum Gasteiger partial charge on any atom is -0.497 e. The number of nitrogens with zero attached hydrogens (tertiary/aromatic N) is 3. The number of benzene rings is 2. The van der Waals surface area contributed by atoms with Crippen molar-refractivity contribution in [2.24, 2.45) is 0 Å². The molecule has 1 N–H and O–H groups in total. The first-order valence-corrected chi connectivity index (χ1v) is 9.51. The van der Waals surface area contributed by atoms with Crippen LogP contribution in [0.4, 0.5) is 5.82 Å². The van der Waals surface area contributed by atoms with Gasteiger partial charge < -0.3 is 14.5 Å². The molecule has 2 heterocycles. The van der Waals surface area contributed by atoms with E-state index in [2.05, 4.69) is 15.1 Å². The average molecular weight is 397 g/mol. The zero-order valence-electron chi connectivity index (χ0n) is 15.6. The van der Waals surface area contributed by atoms with Crippen LogP contribution in [0.1, 0.15) is 10.4 Å². The molecule has 0 radical (unpaired) electrons. The summed E-state index contributed by atoms with van der Waals surface area (Å²) in [5, 5.41) is 8.23. The van der Waals surface area contributed by atoms with E-state index in [9.17, 15) is 4.79 Å². The van der Waals surface area contributed by atoms with Gasteiger partial charge in [-0.3, -0.25) is 9.89 Å². The van der Waals surface area contributed by atoms with E-state index in [0.717, 1.165) is 35.9 Å². The van der Waals surface area contributed by atoms with Crippen molar-refractivity contribution in [3.8, 4) is 17.0 Å². The Balaban J connectivity index is 1.38. The summed E-state index contributed by atoms with van der Waals surface area (Å²) in [5.74, 6) is 1.68. The average Bonchev–Trinajstić information content (AvgIpc) is 3.24. The third-order valence-corrected chi connectivity index (χ3v) is 5.20. The van der Waals surface area contributed by atoms with E-state index in [1.807, 2.05) is 47.4 Å². The summed E-state index contributed by atoms with van der Waals surface area (Å²) in [6, 6.07) is 16.9. The number of hydrogen-bond acceptors (Lipinski definition) is 4. The first-order valence-electron chi connectivity index (χ1n) is 9.13. The fourth-order valence-corrected chi connectivity index (χ4v) is 3.43. The highest BCUT2D eigenvalue weighted by Crippen LogP contribution is 2.24. The van der Waals surface area contributed by atoms with Crippen molar-refractivity contribution in [3.05, 3.63) is 65.2 Å². The fourth-order valence-electron chi connectivity index (χ4n) is 3.31. The molecule has 1 fully saturated rings. The Bertz CT molecular complexity index is 945. The molecule has 1 aromatic heterocycles. The highest BCUT2D eigenvalue weighted by molar-refractivity contribution is 6.30. The topological polar surface area (TPSA) is 61.5 Å². The minimum absolute atomic E-state index is 0.0474. The molecule has 1 amide bonds. The van der Waals surface area contributed by atoms with E-state index in [1.165, 1.54) is 0 Å². The lowest BCUT2D eigenvalue weighted by atomic mass is 10.1. The van der Waals surface area contributed by atoms with Gasteiger partial charge >= 0.3 is 0 Å². The third kappa shape index (κ3) is 3.82. The number of aromatic nitrogens is 2. The number of hydrogen-bond donors (Lipinski definition) is 1. The van der Waals surface area contributed by atoms with Gasteiger partial charge in [0.25, 0.3) is 5.91 Å². The molecule has 28 heavy (non-hydrogen) atoms. The lowest BCUT2D eigenvalue weighted by Gasteiger charge is -2.34. The first-order chi connectivity index (χ1) is 13.6. The lowest BCUT2D eigenvalue weighted by Crippen LogP contribution is -2.48. The van der Waals surface area contributed by atoms with Gasteiger partial charge in [-0.05, 0) is 42.0 Å². The van der Waals surface area contributed by atoms with Crippen LogP contribution in [0.25, 0.3) is 11.3 Å². The van der Waals surface area contributed by atoms with Crippen molar-refractivity contribution in [3.63, 3.8) is 0 Å². The van der Waals surface area contributed by atoms with Gasteiger partial charge in [-0.25, -0.2) is 0 Å². The number of carbonyl (C=O) groups excluding carboxylic acids is 1. The summed E-state index contributed by atoms with van der Waals surface area (Å²) in [5.41, 5.74) is 2.67. The Morgan fingerprint density at radius 1 is 1.04 bits per heavy atom. The van der Waals surface area contributed by atoms with Gasteiger partial charge in [-0.2, -0.15) is 5.10 Å². The summed E-state index contributed by atoms with van der Waals surface area (Å²) in [7, 11) is 1.61. The molecule has 1 saturated heterocycles. The van der Waals surface area contributed by atoms with Gasteiger partial charge in [0.05, 0.1) is 12.8 Å². The van der Waals surface area contributed by atoms with Gasteiger partial charge in [-0.1, -0.05) is 23.7 Å². The lowest BCUT2D eigenvalue weighted by molar-refractivity contribution is 0.0746. The molecule has 144 valence electrons. The molecule has 0 saturated carbocycles. The molecule has 0 spiro atoms. The van der Waals surface area contributed by atoms with Gasteiger partial charge in [0.15, 0.2) is 5.82 Å². The molecular weight excluding hydrogens is 376 g/mol. The van der Waals surface area contributed by atoms with Crippen LogP contribution in [0.2, 0.25) is 5.02 Å². The zero-order chi connectivity index (χ0) is 19.5.